The van der Waals surface area contributed by atoms with Crippen LogP contribution in [0.5, 0.6) is 0 Å². The van der Waals surface area contributed by atoms with Gasteiger partial charge in [0.25, 0.3) is 0 Å². The number of hydrogen-bond acceptors (Lipinski definition) is 5. The fourth-order valence-electron chi connectivity index (χ4n) is 3.50. The number of aliphatic hydroxyl groups is 1. The summed E-state index contributed by atoms with van der Waals surface area (Å²) in [5.74, 6) is 0.110. The summed E-state index contributed by atoms with van der Waals surface area (Å²) >= 11 is 0. The van der Waals surface area contributed by atoms with Gasteiger partial charge in [0.1, 0.15) is 17.2 Å². The first-order valence-electron chi connectivity index (χ1n) is 9.92. The van der Waals surface area contributed by atoms with Crippen molar-refractivity contribution in [3.05, 3.63) is 35.9 Å². The second-order valence-electron chi connectivity index (χ2n) is 9.88. The van der Waals surface area contributed by atoms with Crippen LogP contribution in [0.2, 0.25) is 0 Å². The Morgan fingerprint density at radius 3 is 2.00 bits per heavy atom. The van der Waals surface area contributed by atoms with Gasteiger partial charge >= 0.3 is 12.2 Å². The van der Waals surface area contributed by atoms with Crippen LogP contribution in [0.15, 0.2) is 30.3 Å². The summed E-state index contributed by atoms with van der Waals surface area (Å²) in [7, 11) is 0. The molecule has 0 aliphatic carbocycles. The Morgan fingerprint density at radius 2 is 1.60 bits per heavy atom. The lowest BCUT2D eigenvalue weighted by molar-refractivity contribution is -0.141. The molecule has 2 aliphatic rings. The third kappa shape index (κ3) is 5.50. The first-order valence-corrected chi connectivity index (χ1v) is 9.92. The Labute approximate surface area is 177 Å². The fourth-order valence-corrected chi connectivity index (χ4v) is 3.50. The molecule has 2 N–H and O–H groups in total. The molecule has 3 rings (SSSR count). The highest BCUT2D eigenvalue weighted by molar-refractivity contribution is 5.98. The number of likely N-dealkylation sites (tertiary alicyclic amines) is 2. The molecule has 2 fully saturated rings. The van der Waals surface area contributed by atoms with E-state index in [1.54, 1.807) is 12.1 Å². The van der Waals surface area contributed by atoms with Gasteiger partial charge in [0.15, 0.2) is 5.78 Å². The molecular formula is C22H32N2O6. The molecule has 30 heavy (non-hydrogen) atoms. The molecule has 2 saturated heterocycles. The molecular weight excluding hydrogens is 388 g/mol. The highest BCUT2D eigenvalue weighted by Gasteiger charge is 2.48. The predicted molar refractivity (Wildman–Crippen MR) is 111 cm³/mol. The first kappa shape index (κ1) is 23.7. The molecule has 166 valence electrons. The molecule has 0 aromatic heterocycles. The van der Waals surface area contributed by atoms with Gasteiger partial charge < -0.3 is 19.8 Å². The third-order valence-corrected chi connectivity index (χ3v) is 4.88. The van der Waals surface area contributed by atoms with Crippen LogP contribution in [0.25, 0.3) is 0 Å². The van der Waals surface area contributed by atoms with Gasteiger partial charge in [-0.3, -0.25) is 9.69 Å². The van der Waals surface area contributed by atoms with Crippen LogP contribution in [-0.4, -0.2) is 69.3 Å². The molecule has 0 spiro atoms. The smallest absolute Gasteiger partial charge is 0.411 e. The summed E-state index contributed by atoms with van der Waals surface area (Å²) in [5.41, 5.74) is -0.957. The van der Waals surface area contributed by atoms with Gasteiger partial charge in [0.2, 0.25) is 0 Å². The van der Waals surface area contributed by atoms with E-state index in [1.165, 1.54) is 9.80 Å². The van der Waals surface area contributed by atoms with Crippen LogP contribution >= 0.6 is 0 Å². The van der Waals surface area contributed by atoms with Crippen LogP contribution in [0.3, 0.4) is 0 Å². The monoisotopic (exact) mass is 420 g/mol. The van der Waals surface area contributed by atoms with Gasteiger partial charge in [-0.1, -0.05) is 51.1 Å². The number of amides is 2. The molecule has 8 heteroatoms. The lowest BCUT2D eigenvalue weighted by Gasteiger charge is -2.46. The largest absolute Gasteiger partial charge is 0.465 e. The third-order valence-electron chi connectivity index (χ3n) is 4.88. The molecule has 0 bridgehead atoms. The van der Waals surface area contributed by atoms with Gasteiger partial charge in [-0.15, -0.1) is 0 Å². The van der Waals surface area contributed by atoms with Crippen molar-refractivity contribution in [1.82, 2.24) is 9.80 Å². The van der Waals surface area contributed by atoms with Crippen molar-refractivity contribution in [1.29, 1.82) is 0 Å². The maximum atomic E-state index is 11.8. The normalized spacial score (nSPS) is 20.4. The van der Waals surface area contributed by atoms with Crippen molar-refractivity contribution in [2.45, 2.75) is 58.8 Å². The predicted octanol–water partition coefficient (Wildman–Crippen LogP) is 3.09. The van der Waals surface area contributed by atoms with E-state index in [4.69, 9.17) is 9.84 Å². The molecule has 0 saturated carbocycles. The van der Waals surface area contributed by atoms with E-state index in [1.807, 2.05) is 59.7 Å². The molecule has 0 radical (unpaired) electrons. The number of rotatable bonds is 1. The van der Waals surface area contributed by atoms with Crippen LogP contribution < -0.4 is 0 Å². The average molecular weight is 421 g/mol. The number of Topliss-reactive ketones (excluding diaryl/α,β-unsaturated/α-hetero) is 1. The highest BCUT2D eigenvalue weighted by atomic mass is 16.6. The van der Waals surface area contributed by atoms with Crippen molar-refractivity contribution >= 4 is 18.0 Å². The maximum Gasteiger partial charge on any atom is 0.411 e. The zero-order valence-electron chi connectivity index (χ0n) is 18.5. The molecule has 1 atom stereocenters. The van der Waals surface area contributed by atoms with E-state index in [2.05, 4.69) is 0 Å². The topological polar surface area (TPSA) is 107 Å². The Hall–Kier alpha value is -2.61. The summed E-state index contributed by atoms with van der Waals surface area (Å²) in [6.07, 6.45) is -1.38. The second-order valence-corrected chi connectivity index (χ2v) is 9.88. The van der Waals surface area contributed by atoms with E-state index in [0.717, 1.165) is 5.56 Å². The van der Waals surface area contributed by atoms with Gasteiger partial charge in [-0.2, -0.15) is 0 Å². The van der Waals surface area contributed by atoms with E-state index in [-0.39, 0.29) is 36.9 Å². The number of β-amino-alcohol motifs (C(OH)–C–C–N with tert-alkyl or cyclic N) is 1. The SMILES string of the molecule is CC(C)(C)OC(=O)N1CC(=O)C1C(C)(C)C.O=C(O)N1CC(O)(c2ccccc2)C1. The quantitative estimate of drug-likeness (QED) is 0.723. The van der Waals surface area contributed by atoms with Gasteiger partial charge in [0.05, 0.1) is 19.6 Å². The number of benzene rings is 1. The van der Waals surface area contributed by atoms with E-state index in [9.17, 15) is 19.5 Å². The molecule has 2 amide bonds. The summed E-state index contributed by atoms with van der Waals surface area (Å²) < 4.78 is 5.25. The zero-order valence-corrected chi connectivity index (χ0v) is 18.5. The lowest BCUT2D eigenvalue weighted by atomic mass is 9.78. The van der Waals surface area contributed by atoms with Gasteiger partial charge in [-0.25, -0.2) is 9.59 Å². The summed E-state index contributed by atoms with van der Waals surface area (Å²) in [6.45, 7) is 11.8. The Bertz CT molecular complexity index is 788. The molecule has 2 heterocycles. The number of ketones is 1. The molecule has 2 aliphatic heterocycles. The number of carboxylic acid groups (broad SMARTS) is 1. The van der Waals surface area contributed by atoms with Crippen LogP contribution in [-0.2, 0) is 15.1 Å². The first-order chi connectivity index (χ1) is 13.6. The van der Waals surface area contributed by atoms with Crippen LogP contribution in [0.4, 0.5) is 9.59 Å². The maximum absolute atomic E-state index is 11.8. The number of nitrogens with zero attached hydrogens (tertiary/aromatic N) is 2. The van der Waals surface area contributed by atoms with Gasteiger partial charge in [-0.05, 0) is 31.7 Å². The second kappa shape index (κ2) is 8.26. The zero-order chi connectivity index (χ0) is 22.9. The Balaban J connectivity index is 0.000000215. The minimum absolute atomic E-state index is 0.110. The van der Waals surface area contributed by atoms with Gasteiger partial charge in [0, 0.05) is 0 Å². The van der Waals surface area contributed by atoms with Crippen LogP contribution in [0.1, 0.15) is 47.1 Å². The number of ether oxygens (including phenoxy) is 1. The fraction of sp³-hybridized carbons (Fsp3) is 0.591. The highest BCUT2D eigenvalue weighted by Crippen LogP contribution is 2.33. The van der Waals surface area contributed by atoms with Crippen LogP contribution in [0, 0.1) is 5.41 Å². The van der Waals surface area contributed by atoms with Crippen molar-refractivity contribution in [3.8, 4) is 0 Å². The molecule has 1 aromatic rings. The molecule has 1 unspecified atom stereocenters. The van der Waals surface area contributed by atoms with E-state index >= 15 is 0 Å². The van der Waals surface area contributed by atoms with Crippen molar-refractivity contribution < 1.29 is 29.3 Å². The van der Waals surface area contributed by atoms with Crippen molar-refractivity contribution in [2.24, 2.45) is 5.41 Å². The summed E-state index contributed by atoms with van der Waals surface area (Å²) in [5, 5.41) is 18.6. The average Bonchev–Trinajstić information content (AvgIpc) is 2.54. The Morgan fingerprint density at radius 1 is 1.07 bits per heavy atom. The summed E-state index contributed by atoms with van der Waals surface area (Å²) in [6, 6.07) is 8.79. The Kier molecular flexibility index (Phi) is 6.51. The number of carbonyl (C=O) groups is 3. The standard InChI is InChI=1S/C12H21NO3.C10H11NO3/c1-11(2,3)9-8(14)7-13(9)10(15)16-12(4,5)6;12-9(13)11-6-10(14,7-11)8-4-2-1-3-5-8/h9H,7H2,1-6H3;1-5,14H,6-7H2,(H,12,13). The van der Waals surface area contributed by atoms with Crippen molar-refractivity contribution in [2.75, 3.05) is 19.6 Å². The van der Waals surface area contributed by atoms with E-state index in [0.29, 0.717) is 0 Å². The number of hydrogen-bond donors (Lipinski definition) is 2. The number of carbonyl (C=O) groups excluding carboxylic acids is 2. The van der Waals surface area contributed by atoms with Crippen molar-refractivity contribution in [3.63, 3.8) is 0 Å². The summed E-state index contributed by atoms with van der Waals surface area (Å²) in [4.78, 5) is 36.5. The minimum atomic E-state index is -0.986. The minimum Gasteiger partial charge on any atom is -0.465 e. The van der Waals surface area contributed by atoms with E-state index < -0.39 is 23.4 Å². The molecule has 1 aromatic carbocycles. The molecule has 8 nitrogen and oxygen atoms in total. The lowest BCUT2D eigenvalue weighted by Crippen LogP contribution is -2.65.